The fourth-order valence-electron chi connectivity index (χ4n) is 2.85. The molecule has 0 spiro atoms. The summed E-state index contributed by atoms with van der Waals surface area (Å²) in [5, 5.41) is 2.39. The summed E-state index contributed by atoms with van der Waals surface area (Å²) in [5.41, 5.74) is 5.45. The van der Waals surface area contributed by atoms with Crippen molar-refractivity contribution in [2.45, 2.75) is 40.5 Å². The molecule has 0 unspecified atom stereocenters. The predicted octanol–water partition coefficient (Wildman–Crippen LogP) is 3.94. The second-order valence-corrected chi connectivity index (χ2v) is 6.54. The topological polar surface area (TPSA) is 0 Å². The first-order valence-corrected chi connectivity index (χ1v) is 7.79. The van der Waals surface area contributed by atoms with E-state index >= 15 is 0 Å². The molecule has 0 amide bonds. The van der Waals surface area contributed by atoms with Crippen LogP contribution in [0, 0.1) is 19.8 Å². The zero-order valence-electron chi connectivity index (χ0n) is 13.7. The molecular formula is C21H26. The summed E-state index contributed by atoms with van der Waals surface area (Å²) in [6, 6.07) is 13.4. The van der Waals surface area contributed by atoms with Crippen LogP contribution in [0.15, 0.2) is 36.4 Å². The third kappa shape index (κ3) is 4.60. The van der Waals surface area contributed by atoms with Crippen LogP contribution in [-0.2, 0) is 12.8 Å². The Bertz CT molecular complexity index is 700. The normalized spacial score (nSPS) is 12.1. The molecule has 0 heterocycles. The summed E-state index contributed by atoms with van der Waals surface area (Å²) < 4.78 is 0. The molecule has 0 saturated carbocycles. The van der Waals surface area contributed by atoms with Crippen molar-refractivity contribution >= 4 is 12.7 Å². The van der Waals surface area contributed by atoms with E-state index < -0.39 is 0 Å². The van der Waals surface area contributed by atoms with Gasteiger partial charge in [-0.15, -0.1) is 0 Å². The van der Waals surface area contributed by atoms with E-state index in [2.05, 4.69) is 76.7 Å². The molecule has 0 aliphatic carbocycles. The fourth-order valence-corrected chi connectivity index (χ4v) is 2.85. The molecule has 0 aliphatic heterocycles. The molecule has 0 radical (unpaired) electrons. The first kappa shape index (κ1) is 15.6. The molecule has 0 fully saturated rings. The van der Waals surface area contributed by atoms with Gasteiger partial charge in [0.25, 0.3) is 0 Å². The average Bonchev–Trinajstić information content (AvgIpc) is 2.37. The predicted molar refractivity (Wildman–Crippen MR) is 93.8 cm³/mol. The third-order valence-electron chi connectivity index (χ3n) is 3.69. The zero-order valence-corrected chi connectivity index (χ0v) is 13.7. The number of aryl methyl sites for hydroxylation is 2. The molecule has 0 atom stereocenters. The van der Waals surface area contributed by atoms with Crippen LogP contribution < -0.4 is 10.4 Å². The van der Waals surface area contributed by atoms with Gasteiger partial charge in [-0.25, -0.2) is 0 Å². The summed E-state index contributed by atoms with van der Waals surface area (Å²) in [5.74, 6) is 0.688. The second kappa shape index (κ2) is 6.76. The van der Waals surface area contributed by atoms with Crippen LogP contribution in [0.25, 0.3) is 12.7 Å². The number of hydrogen-bond donors (Lipinski definition) is 0. The second-order valence-electron chi connectivity index (χ2n) is 6.54. The van der Waals surface area contributed by atoms with E-state index in [1.165, 1.54) is 27.5 Å². The minimum absolute atomic E-state index is 0.688. The third-order valence-corrected chi connectivity index (χ3v) is 3.69. The highest BCUT2D eigenvalue weighted by Gasteiger charge is 1.98. The van der Waals surface area contributed by atoms with Crippen molar-refractivity contribution in [2.24, 2.45) is 5.92 Å². The molecule has 0 N–H and O–H groups in total. The van der Waals surface area contributed by atoms with Crippen LogP contribution in [0.4, 0.5) is 0 Å². The minimum atomic E-state index is 0.688. The van der Waals surface area contributed by atoms with Gasteiger partial charge < -0.3 is 0 Å². The lowest BCUT2D eigenvalue weighted by Gasteiger charge is -2.05. The number of benzene rings is 2. The van der Waals surface area contributed by atoms with E-state index in [9.17, 15) is 0 Å². The quantitative estimate of drug-likeness (QED) is 0.795. The van der Waals surface area contributed by atoms with Crippen molar-refractivity contribution in [3.63, 3.8) is 0 Å². The van der Waals surface area contributed by atoms with Gasteiger partial charge in [-0.1, -0.05) is 74.0 Å². The molecule has 0 saturated heterocycles. The number of rotatable bonds is 4. The van der Waals surface area contributed by atoms with Crippen LogP contribution in [0.1, 0.15) is 36.1 Å². The Labute approximate surface area is 128 Å². The highest BCUT2D eigenvalue weighted by molar-refractivity contribution is 5.38. The maximum absolute atomic E-state index is 4.16. The van der Waals surface area contributed by atoms with Crippen molar-refractivity contribution in [3.05, 3.63) is 69.1 Å². The molecule has 0 aliphatic rings. The highest BCUT2D eigenvalue weighted by atomic mass is 14.0. The fraction of sp³-hybridized carbons (Fsp3) is 0.333. The van der Waals surface area contributed by atoms with Gasteiger partial charge in [0.2, 0.25) is 0 Å². The van der Waals surface area contributed by atoms with Crippen LogP contribution in [0.3, 0.4) is 0 Å². The summed E-state index contributed by atoms with van der Waals surface area (Å²) >= 11 is 0. The first-order valence-electron chi connectivity index (χ1n) is 7.79. The van der Waals surface area contributed by atoms with Crippen LogP contribution in [0.5, 0.6) is 0 Å². The molecule has 2 aromatic rings. The maximum Gasteiger partial charge on any atom is -0.00880 e. The van der Waals surface area contributed by atoms with Crippen molar-refractivity contribution in [3.8, 4) is 0 Å². The van der Waals surface area contributed by atoms with Crippen LogP contribution in [-0.4, -0.2) is 0 Å². The average molecular weight is 278 g/mol. The SMILES string of the molecule is C=c1ccc(CC(C)C)c/c1=C/Cc1cc(C)cc(C)c1. The lowest BCUT2D eigenvalue weighted by atomic mass is 10.0. The van der Waals surface area contributed by atoms with E-state index in [1.54, 1.807) is 0 Å². The monoisotopic (exact) mass is 278 g/mol. The Morgan fingerprint density at radius 2 is 1.62 bits per heavy atom. The van der Waals surface area contributed by atoms with Gasteiger partial charge in [-0.05, 0) is 54.2 Å². The summed E-state index contributed by atoms with van der Waals surface area (Å²) in [7, 11) is 0. The summed E-state index contributed by atoms with van der Waals surface area (Å²) in [4.78, 5) is 0. The molecule has 0 bridgehead atoms. The van der Waals surface area contributed by atoms with Gasteiger partial charge in [0, 0.05) is 0 Å². The van der Waals surface area contributed by atoms with Crippen molar-refractivity contribution in [2.75, 3.05) is 0 Å². The molecule has 110 valence electrons. The molecule has 0 aromatic heterocycles. The van der Waals surface area contributed by atoms with Gasteiger partial charge in [0.1, 0.15) is 0 Å². The van der Waals surface area contributed by atoms with Crippen molar-refractivity contribution in [1.82, 2.24) is 0 Å². The van der Waals surface area contributed by atoms with Crippen LogP contribution in [0.2, 0.25) is 0 Å². The van der Waals surface area contributed by atoms with E-state index in [0.717, 1.165) is 18.1 Å². The summed E-state index contributed by atoms with van der Waals surface area (Å²) in [6.45, 7) is 13.0. The Balaban J connectivity index is 2.30. The Morgan fingerprint density at radius 1 is 0.952 bits per heavy atom. The van der Waals surface area contributed by atoms with E-state index in [0.29, 0.717) is 5.92 Å². The lowest BCUT2D eigenvalue weighted by Crippen LogP contribution is -2.23. The molecule has 21 heavy (non-hydrogen) atoms. The van der Waals surface area contributed by atoms with Gasteiger partial charge in [0.15, 0.2) is 0 Å². The summed E-state index contributed by atoms with van der Waals surface area (Å²) in [6.07, 6.45) is 4.40. The Hall–Kier alpha value is -1.82. The van der Waals surface area contributed by atoms with Crippen molar-refractivity contribution < 1.29 is 0 Å². The van der Waals surface area contributed by atoms with Gasteiger partial charge in [0.05, 0.1) is 0 Å². The van der Waals surface area contributed by atoms with Gasteiger partial charge in [-0.2, -0.15) is 0 Å². The Morgan fingerprint density at radius 3 is 2.24 bits per heavy atom. The van der Waals surface area contributed by atoms with E-state index in [-0.39, 0.29) is 0 Å². The molecule has 0 nitrogen and oxygen atoms in total. The molecule has 2 rings (SSSR count). The minimum Gasteiger partial charge on any atom is -0.0912 e. The van der Waals surface area contributed by atoms with E-state index in [1.807, 2.05) is 0 Å². The molecular weight excluding hydrogens is 252 g/mol. The maximum atomic E-state index is 4.16. The standard InChI is InChI=1S/C21H26/c1-15(2)10-19-7-6-18(5)21(14-19)9-8-20-12-16(3)11-17(4)13-20/h6-7,9,11-15H,5,8,10H2,1-4H3/b21-9-. The smallest absolute Gasteiger partial charge is 0.00880 e. The number of hydrogen-bond acceptors (Lipinski definition) is 0. The molecule has 2 aromatic carbocycles. The first-order chi connectivity index (χ1) is 9.94. The van der Waals surface area contributed by atoms with E-state index in [4.69, 9.17) is 0 Å². The van der Waals surface area contributed by atoms with Crippen molar-refractivity contribution in [1.29, 1.82) is 0 Å². The van der Waals surface area contributed by atoms with Crippen LogP contribution >= 0.6 is 0 Å². The van der Waals surface area contributed by atoms with Gasteiger partial charge >= 0.3 is 0 Å². The Kier molecular flexibility index (Phi) is 5.01. The largest absolute Gasteiger partial charge is 0.0912 e. The zero-order chi connectivity index (χ0) is 15.4. The van der Waals surface area contributed by atoms with Gasteiger partial charge in [-0.3, -0.25) is 0 Å². The lowest BCUT2D eigenvalue weighted by molar-refractivity contribution is 0.647. The highest BCUT2D eigenvalue weighted by Crippen LogP contribution is 2.10. The molecule has 0 heteroatoms.